The van der Waals surface area contributed by atoms with Crippen LogP contribution in [0.25, 0.3) is 0 Å². The molecule has 0 bridgehead atoms. The molecule has 1 aromatic heterocycles. The smallest absolute Gasteiger partial charge is 0.0996 e. The molecule has 0 spiro atoms. The molecular weight excluding hydrogens is 216 g/mol. The summed E-state index contributed by atoms with van der Waals surface area (Å²) < 4.78 is 0. The van der Waals surface area contributed by atoms with Gasteiger partial charge in [0.2, 0.25) is 0 Å². The van der Waals surface area contributed by atoms with E-state index in [2.05, 4.69) is 64.0 Å². The molecule has 0 atom stereocenters. The Labute approximate surface area is 99.0 Å². The Morgan fingerprint density at radius 2 is 1.69 bits per heavy atom. The van der Waals surface area contributed by atoms with Crippen LogP contribution in [0.5, 0.6) is 0 Å². The molecule has 2 aromatic rings. The largest absolute Gasteiger partial charge is 0.328 e. The van der Waals surface area contributed by atoms with E-state index in [1.54, 1.807) is 11.3 Å². The standard InChI is InChI=1S/C13H12N2S/c1-2-5-12(6-3-1)14-8-9-15(11-14)13-7-4-10-16-13/h1-10H,11H2. The molecule has 0 aliphatic carbocycles. The lowest BCUT2D eigenvalue weighted by Crippen LogP contribution is -2.23. The van der Waals surface area contributed by atoms with Crippen molar-refractivity contribution in [1.29, 1.82) is 0 Å². The molecule has 0 unspecified atom stereocenters. The van der Waals surface area contributed by atoms with Crippen LogP contribution in [0, 0.1) is 0 Å². The van der Waals surface area contributed by atoms with E-state index in [-0.39, 0.29) is 0 Å². The van der Waals surface area contributed by atoms with Crippen LogP contribution in [0.3, 0.4) is 0 Å². The topological polar surface area (TPSA) is 6.48 Å². The first-order chi connectivity index (χ1) is 7.93. The highest BCUT2D eigenvalue weighted by Crippen LogP contribution is 2.26. The van der Waals surface area contributed by atoms with Gasteiger partial charge in [0.25, 0.3) is 0 Å². The molecule has 2 heterocycles. The van der Waals surface area contributed by atoms with Crippen LogP contribution in [0.1, 0.15) is 0 Å². The van der Waals surface area contributed by atoms with Gasteiger partial charge in [-0.15, -0.1) is 11.3 Å². The summed E-state index contributed by atoms with van der Waals surface area (Å²) in [6.07, 6.45) is 4.24. The minimum atomic E-state index is 0.893. The normalized spacial score (nSPS) is 14.8. The molecule has 0 fully saturated rings. The molecule has 1 aliphatic rings. The highest BCUT2D eigenvalue weighted by atomic mass is 32.1. The average Bonchev–Trinajstić information content (AvgIpc) is 3.01. The summed E-state index contributed by atoms with van der Waals surface area (Å²) in [5.74, 6) is 0. The maximum absolute atomic E-state index is 2.25. The molecule has 1 aromatic carbocycles. The second-order valence-electron chi connectivity index (χ2n) is 3.67. The van der Waals surface area contributed by atoms with E-state index in [1.807, 2.05) is 6.07 Å². The van der Waals surface area contributed by atoms with Crippen molar-refractivity contribution in [3.63, 3.8) is 0 Å². The van der Waals surface area contributed by atoms with Crippen LogP contribution in [-0.4, -0.2) is 6.67 Å². The third-order valence-corrected chi connectivity index (χ3v) is 3.51. The van der Waals surface area contributed by atoms with Crippen molar-refractivity contribution in [2.24, 2.45) is 0 Å². The van der Waals surface area contributed by atoms with Crippen molar-refractivity contribution < 1.29 is 0 Å². The molecule has 3 heteroatoms. The van der Waals surface area contributed by atoms with Gasteiger partial charge in [0.1, 0.15) is 0 Å². The molecule has 1 aliphatic heterocycles. The molecule has 80 valence electrons. The minimum Gasteiger partial charge on any atom is -0.328 e. The van der Waals surface area contributed by atoms with E-state index in [1.165, 1.54) is 10.7 Å². The van der Waals surface area contributed by atoms with Gasteiger partial charge < -0.3 is 9.80 Å². The molecule has 0 amide bonds. The Bertz CT molecular complexity index is 476. The number of benzene rings is 1. The summed E-state index contributed by atoms with van der Waals surface area (Å²) in [6.45, 7) is 0.893. The van der Waals surface area contributed by atoms with Gasteiger partial charge in [-0.1, -0.05) is 18.2 Å². The van der Waals surface area contributed by atoms with Gasteiger partial charge in [-0.2, -0.15) is 0 Å². The lowest BCUT2D eigenvalue weighted by atomic mass is 10.3. The number of para-hydroxylation sites is 1. The summed E-state index contributed by atoms with van der Waals surface area (Å²) >= 11 is 1.77. The lowest BCUT2D eigenvalue weighted by Gasteiger charge is -2.19. The summed E-state index contributed by atoms with van der Waals surface area (Å²) in [6, 6.07) is 14.7. The summed E-state index contributed by atoms with van der Waals surface area (Å²) in [4.78, 5) is 4.48. The van der Waals surface area contributed by atoms with Crippen LogP contribution in [0.2, 0.25) is 0 Å². The monoisotopic (exact) mass is 228 g/mol. The Balaban J connectivity index is 1.78. The van der Waals surface area contributed by atoms with Gasteiger partial charge in [0, 0.05) is 18.1 Å². The quantitative estimate of drug-likeness (QED) is 0.776. The zero-order valence-electron chi connectivity index (χ0n) is 8.78. The maximum atomic E-state index is 2.25. The zero-order valence-corrected chi connectivity index (χ0v) is 9.60. The van der Waals surface area contributed by atoms with Crippen molar-refractivity contribution in [2.45, 2.75) is 0 Å². The molecule has 0 saturated carbocycles. The number of thiophene rings is 1. The minimum absolute atomic E-state index is 0.893. The van der Waals surface area contributed by atoms with Gasteiger partial charge >= 0.3 is 0 Å². The van der Waals surface area contributed by atoms with Gasteiger partial charge in [-0.3, -0.25) is 0 Å². The summed E-state index contributed by atoms with van der Waals surface area (Å²) in [5, 5.41) is 3.39. The number of anilines is 2. The van der Waals surface area contributed by atoms with Crippen molar-refractivity contribution >= 4 is 22.0 Å². The predicted octanol–water partition coefficient (Wildman–Crippen LogP) is 3.50. The number of hydrogen-bond donors (Lipinski definition) is 0. The lowest BCUT2D eigenvalue weighted by molar-refractivity contribution is 0.984. The van der Waals surface area contributed by atoms with E-state index < -0.39 is 0 Å². The van der Waals surface area contributed by atoms with E-state index in [0.29, 0.717) is 0 Å². The van der Waals surface area contributed by atoms with Crippen LogP contribution >= 0.6 is 11.3 Å². The van der Waals surface area contributed by atoms with E-state index in [0.717, 1.165) is 6.67 Å². The number of rotatable bonds is 2. The van der Waals surface area contributed by atoms with Gasteiger partial charge in [-0.05, 0) is 29.6 Å². The molecule has 2 nitrogen and oxygen atoms in total. The number of hydrogen-bond acceptors (Lipinski definition) is 3. The van der Waals surface area contributed by atoms with Gasteiger partial charge in [0.15, 0.2) is 0 Å². The number of nitrogens with zero attached hydrogens (tertiary/aromatic N) is 2. The van der Waals surface area contributed by atoms with E-state index in [4.69, 9.17) is 0 Å². The molecule has 3 rings (SSSR count). The van der Waals surface area contributed by atoms with Crippen LogP contribution < -0.4 is 9.80 Å². The van der Waals surface area contributed by atoms with E-state index in [9.17, 15) is 0 Å². The van der Waals surface area contributed by atoms with Crippen LogP contribution in [-0.2, 0) is 0 Å². The SMILES string of the molecule is C1=CN(c2cccs2)CN1c1ccccc1. The molecule has 0 saturated heterocycles. The van der Waals surface area contributed by atoms with Crippen molar-refractivity contribution in [1.82, 2.24) is 0 Å². The molecule has 16 heavy (non-hydrogen) atoms. The van der Waals surface area contributed by atoms with Crippen molar-refractivity contribution in [2.75, 3.05) is 16.5 Å². The summed E-state index contributed by atoms with van der Waals surface area (Å²) in [7, 11) is 0. The highest BCUT2D eigenvalue weighted by molar-refractivity contribution is 7.14. The fraction of sp³-hybridized carbons (Fsp3) is 0.0769. The Morgan fingerprint density at radius 3 is 2.44 bits per heavy atom. The first kappa shape index (κ1) is 9.48. The average molecular weight is 228 g/mol. The van der Waals surface area contributed by atoms with E-state index >= 15 is 0 Å². The molecular formula is C13H12N2S. The Hall–Kier alpha value is -1.74. The third-order valence-electron chi connectivity index (χ3n) is 2.61. The third kappa shape index (κ3) is 1.70. The van der Waals surface area contributed by atoms with Gasteiger partial charge in [0.05, 0.1) is 11.7 Å². The van der Waals surface area contributed by atoms with Gasteiger partial charge in [-0.25, -0.2) is 0 Å². The highest BCUT2D eigenvalue weighted by Gasteiger charge is 2.15. The molecule has 0 N–H and O–H groups in total. The predicted molar refractivity (Wildman–Crippen MR) is 69.7 cm³/mol. The maximum Gasteiger partial charge on any atom is 0.0996 e. The first-order valence-electron chi connectivity index (χ1n) is 5.24. The second kappa shape index (κ2) is 4.02. The summed E-state index contributed by atoms with van der Waals surface area (Å²) in [5.41, 5.74) is 1.23. The van der Waals surface area contributed by atoms with Crippen LogP contribution in [0.4, 0.5) is 10.7 Å². The molecule has 0 radical (unpaired) electrons. The Kier molecular flexibility index (Phi) is 2.38. The first-order valence-corrected chi connectivity index (χ1v) is 6.11. The second-order valence-corrected chi connectivity index (χ2v) is 4.59. The Morgan fingerprint density at radius 1 is 0.875 bits per heavy atom. The fourth-order valence-electron chi connectivity index (χ4n) is 1.78. The zero-order chi connectivity index (χ0) is 10.8. The fourth-order valence-corrected chi connectivity index (χ4v) is 2.49. The van der Waals surface area contributed by atoms with Crippen LogP contribution in [0.15, 0.2) is 60.2 Å². The van der Waals surface area contributed by atoms with Crippen molar-refractivity contribution in [3.05, 3.63) is 60.2 Å². The van der Waals surface area contributed by atoms with Crippen molar-refractivity contribution in [3.8, 4) is 0 Å².